The summed E-state index contributed by atoms with van der Waals surface area (Å²) in [7, 11) is 0. The first-order chi connectivity index (χ1) is 8.04. The number of hydrogen-bond acceptors (Lipinski definition) is 5. The smallest absolute Gasteiger partial charge is 0.230 e. The van der Waals surface area contributed by atoms with Crippen molar-refractivity contribution in [3.05, 3.63) is 12.7 Å². The van der Waals surface area contributed by atoms with Crippen molar-refractivity contribution in [3.63, 3.8) is 0 Å². The van der Waals surface area contributed by atoms with E-state index in [-0.39, 0.29) is 11.9 Å². The highest BCUT2D eigenvalue weighted by molar-refractivity contribution is 7.99. The molecule has 0 fully saturated rings. The number of carbonyl (C=O) groups excluding carboxylic acids is 1. The van der Waals surface area contributed by atoms with Gasteiger partial charge in [0, 0.05) is 12.6 Å². The highest BCUT2D eigenvalue weighted by atomic mass is 32.2. The van der Waals surface area contributed by atoms with Crippen LogP contribution in [0.3, 0.4) is 0 Å². The van der Waals surface area contributed by atoms with Gasteiger partial charge in [-0.15, -0.1) is 16.8 Å². The van der Waals surface area contributed by atoms with Crippen molar-refractivity contribution in [2.24, 2.45) is 0 Å². The topological polar surface area (TPSA) is 85.8 Å². The number of nitrogens with zero attached hydrogens (tertiary/aromatic N) is 3. The minimum Gasteiger partial charge on any atom is -0.368 e. The fourth-order valence-electron chi connectivity index (χ4n) is 1.20. The summed E-state index contributed by atoms with van der Waals surface area (Å²) < 4.78 is 1.71. The zero-order chi connectivity index (χ0) is 12.8. The number of nitrogen functional groups attached to an aromatic ring is 1. The van der Waals surface area contributed by atoms with E-state index in [1.807, 2.05) is 13.8 Å². The first-order valence-corrected chi connectivity index (χ1v) is 6.25. The number of amides is 1. The van der Waals surface area contributed by atoms with Gasteiger partial charge in [-0.2, -0.15) is 0 Å². The van der Waals surface area contributed by atoms with Crippen LogP contribution in [0.5, 0.6) is 0 Å². The van der Waals surface area contributed by atoms with E-state index in [1.54, 1.807) is 10.6 Å². The maximum absolute atomic E-state index is 11.5. The molecule has 0 bridgehead atoms. The van der Waals surface area contributed by atoms with E-state index < -0.39 is 0 Å². The molecule has 0 atom stereocenters. The quantitative estimate of drug-likeness (QED) is 0.576. The molecule has 1 aromatic heterocycles. The molecule has 1 aromatic rings. The molecule has 6 nitrogen and oxygen atoms in total. The summed E-state index contributed by atoms with van der Waals surface area (Å²) in [4.78, 5) is 11.5. The first-order valence-electron chi connectivity index (χ1n) is 5.26. The largest absolute Gasteiger partial charge is 0.368 e. The van der Waals surface area contributed by atoms with Gasteiger partial charge in [-0.25, -0.2) is 0 Å². The summed E-state index contributed by atoms with van der Waals surface area (Å²) in [6, 6.07) is 0.138. The van der Waals surface area contributed by atoms with Crippen molar-refractivity contribution < 1.29 is 4.79 Å². The molecule has 1 rings (SSSR count). The summed E-state index contributed by atoms with van der Waals surface area (Å²) >= 11 is 1.31. The Balaban J connectivity index is 2.57. The van der Waals surface area contributed by atoms with E-state index in [0.29, 0.717) is 23.4 Å². The van der Waals surface area contributed by atoms with E-state index in [2.05, 4.69) is 22.1 Å². The molecule has 0 spiro atoms. The number of aromatic nitrogens is 3. The molecule has 0 aliphatic rings. The third kappa shape index (κ3) is 4.10. The van der Waals surface area contributed by atoms with Crippen LogP contribution >= 0.6 is 11.8 Å². The van der Waals surface area contributed by atoms with Crippen LogP contribution in [0.1, 0.15) is 13.8 Å². The summed E-state index contributed by atoms with van der Waals surface area (Å²) in [5.41, 5.74) is 5.64. The van der Waals surface area contributed by atoms with E-state index in [1.165, 1.54) is 11.8 Å². The average Bonchev–Trinajstić information content (AvgIpc) is 2.57. The Kier molecular flexibility index (Phi) is 5.02. The van der Waals surface area contributed by atoms with Gasteiger partial charge in [-0.05, 0) is 13.8 Å². The minimum absolute atomic E-state index is 0.0308. The van der Waals surface area contributed by atoms with Crippen LogP contribution in [0.15, 0.2) is 17.8 Å². The van der Waals surface area contributed by atoms with Gasteiger partial charge >= 0.3 is 0 Å². The highest BCUT2D eigenvalue weighted by Crippen LogP contribution is 2.17. The van der Waals surface area contributed by atoms with Gasteiger partial charge in [-0.3, -0.25) is 9.36 Å². The lowest BCUT2D eigenvalue weighted by Crippen LogP contribution is -2.31. The van der Waals surface area contributed by atoms with Gasteiger partial charge in [0.05, 0.1) is 5.75 Å². The zero-order valence-electron chi connectivity index (χ0n) is 10.0. The second-order valence-electron chi connectivity index (χ2n) is 3.75. The number of carbonyl (C=O) groups is 1. The van der Waals surface area contributed by atoms with Gasteiger partial charge in [0.25, 0.3) is 0 Å². The molecule has 1 heterocycles. The standard InChI is InChI=1S/C10H17N5OS/c1-4-5-15-9(11)13-14-10(15)17-6-8(16)12-7(2)3/h4,7H,1,5-6H2,2-3H3,(H2,11,13)(H,12,16). The van der Waals surface area contributed by atoms with Crippen molar-refractivity contribution in [1.82, 2.24) is 20.1 Å². The number of nitrogens with one attached hydrogen (secondary N) is 1. The van der Waals surface area contributed by atoms with Gasteiger partial charge in [0.2, 0.25) is 11.9 Å². The molecular formula is C10H17N5OS. The Bertz CT molecular complexity index is 401. The molecular weight excluding hydrogens is 238 g/mol. The molecule has 0 unspecified atom stereocenters. The van der Waals surface area contributed by atoms with E-state index in [0.717, 1.165) is 0 Å². The van der Waals surface area contributed by atoms with Crippen LogP contribution < -0.4 is 11.1 Å². The van der Waals surface area contributed by atoms with Gasteiger partial charge in [0.1, 0.15) is 0 Å². The van der Waals surface area contributed by atoms with Gasteiger partial charge in [-0.1, -0.05) is 17.8 Å². The lowest BCUT2D eigenvalue weighted by Gasteiger charge is -2.08. The lowest BCUT2D eigenvalue weighted by atomic mass is 10.4. The predicted octanol–water partition coefficient (Wildman–Crippen LogP) is 0.663. The highest BCUT2D eigenvalue weighted by Gasteiger charge is 2.11. The van der Waals surface area contributed by atoms with Crippen LogP contribution in [0, 0.1) is 0 Å². The van der Waals surface area contributed by atoms with Crippen molar-refractivity contribution in [1.29, 1.82) is 0 Å². The van der Waals surface area contributed by atoms with Gasteiger partial charge in [0.15, 0.2) is 5.16 Å². The minimum atomic E-state index is -0.0308. The molecule has 0 saturated carbocycles. The number of nitrogens with two attached hydrogens (primary N) is 1. The Morgan fingerprint density at radius 2 is 2.35 bits per heavy atom. The van der Waals surface area contributed by atoms with Crippen LogP contribution in [-0.2, 0) is 11.3 Å². The molecule has 17 heavy (non-hydrogen) atoms. The van der Waals surface area contributed by atoms with Gasteiger partial charge < -0.3 is 11.1 Å². The third-order valence-electron chi connectivity index (χ3n) is 1.84. The average molecular weight is 255 g/mol. The SMILES string of the molecule is C=CCn1c(N)nnc1SCC(=O)NC(C)C. The summed E-state index contributed by atoms with van der Waals surface area (Å²) in [5.74, 6) is 0.599. The molecule has 0 aliphatic carbocycles. The van der Waals surface area contributed by atoms with Crippen molar-refractivity contribution in [2.45, 2.75) is 31.6 Å². The summed E-state index contributed by atoms with van der Waals surface area (Å²) in [6.45, 7) is 8.00. The van der Waals surface area contributed by atoms with Crippen LogP contribution in [0.25, 0.3) is 0 Å². The monoisotopic (exact) mass is 255 g/mol. The molecule has 94 valence electrons. The van der Waals surface area contributed by atoms with Crippen LogP contribution in [-0.4, -0.2) is 32.5 Å². The number of anilines is 1. The van der Waals surface area contributed by atoms with Crippen molar-refractivity contribution in [3.8, 4) is 0 Å². The van der Waals surface area contributed by atoms with Crippen molar-refractivity contribution in [2.75, 3.05) is 11.5 Å². The molecule has 0 aromatic carbocycles. The number of allylic oxidation sites excluding steroid dienone is 1. The van der Waals surface area contributed by atoms with Crippen molar-refractivity contribution >= 4 is 23.6 Å². The molecule has 0 saturated heterocycles. The van der Waals surface area contributed by atoms with E-state index in [4.69, 9.17) is 5.73 Å². The second kappa shape index (κ2) is 6.29. The molecule has 0 radical (unpaired) electrons. The van der Waals surface area contributed by atoms with E-state index >= 15 is 0 Å². The molecule has 1 amide bonds. The number of thioether (sulfide) groups is 1. The maximum Gasteiger partial charge on any atom is 0.230 e. The third-order valence-corrected chi connectivity index (χ3v) is 2.81. The Morgan fingerprint density at radius 1 is 1.65 bits per heavy atom. The summed E-state index contributed by atoms with van der Waals surface area (Å²) in [6.07, 6.45) is 1.71. The predicted molar refractivity (Wildman–Crippen MR) is 68.6 cm³/mol. The molecule has 7 heteroatoms. The Hall–Kier alpha value is -1.50. The zero-order valence-corrected chi connectivity index (χ0v) is 10.8. The Labute approximate surface area is 105 Å². The Morgan fingerprint density at radius 3 is 2.94 bits per heavy atom. The number of hydrogen-bond donors (Lipinski definition) is 2. The van der Waals surface area contributed by atoms with Crippen LogP contribution in [0.4, 0.5) is 5.95 Å². The first kappa shape index (κ1) is 13.6. The molecule has 0 aliphatic heterocycles. The molecule has 3 N–H and O–H groups in total. The second-order valence-corrected chi connectivity index (χ2v) is 4.69. The van der Waals surface area contributed by atoms with E-state index in [9.17, 15) is 4.79 Å². The van der Waals surface area contributed by atoms with Crippen LogP contribution in [0.2, 0.25) is 0 Å². The number of rotatable bonds is 6. The fourth-order valence-corrected chi connectivity index (χ4v) is 1.97. The lowest BCUT2D eigenvalue weighted by molar-refractivity contribution is -0.119. The summed E-state index contributed by atoms with van der Waals surface area (Å²) in [5, 5.41) is 11.1. The normalized spacial score (nSPS) is 10.5. The maximum atomic E-state index is 11.5. The fraction of sp³-hybridized carbons (Fsp3) is 0.500.